The number of rotatable bonds is 4. The van der Waals surface area contributed by atoms with Gasteiger partial charge in [-0.2, -0.15) is 11.8 Å². The van der Waals surface area contributed by atoms with E-state index in [1.54, 1.807) is 0 Å². The first kappa shape index (κ1) is 11.7. The van der Waals surface area contributed by atoms with Crippen LogP contribution in [-0.4, -0.2) is 0 Å². The van der Waals surface area contributed by atoms with E-state index < -0.39 is 0 Å². The lowest BCUT2D eigenvalue weighted by Crippen LogP contribution is -1.82. The fourth-order valence-electron chi connectivity index (χ4n) is 1.44. The molecule has 0 spiro atoms. The van der Waals surface area contributed by atoms with E-state index in [9.17, 15) is 0 Å². The Balaban J connectivity index is 1.82. The highest BCUT2D eigenvalue weighted by Gasteiger charge is 1.95. The maximum Gasteiger partial charge on any atom is 0.0187 e. The summed E-state index contributed by atoms with van der Waals surface area (Å²) in [7, 11) is 0. The molecule has 0 amide bonds. The first-order chi connectivity index (χ1) is 7.84. The van der Waals surface area contributed by atoms with Crippen molar-refractivity contribution in [2.45, 2.75) is 11.5 Å². The number of thioether (sulfide) groups is 1. The molecule has 0 atom stereocenters. The molecule has 2 heteroatoms. The van der Waals surface area contributed by atoms with Gasteiger partial charge in [0.2, 0.25) is 0 Å². The quantitative estimate of drug-likeness (QED) is 0.774. The summed E-state index contributed by atoms with van der Waals surface area (Å²) in [6, 6.07) is 19.1. The van der Waals surface area contributed by atoms with Gasteiger partial charge in [-0.15, -0.1) is 0 Å². The molecule has 0 nitrogen and oxygen atoms in total. The third-order valence-electron chi connectivity index (χ3n) is 2.29. The normalized spacial score (nSPS) is 10.3. The summed E-state index contributed by atoms with van der Waals surface area (Å²) in [5.41, 5.74) is 2.77. The lowest BCUT2D eigenvalue weighted by atomic mass is 10.2. The summed E-state index contributed by atoms with van der Waals surface area (Å²) in [6.07, 6.45) is 0. The molecular formula is C14H13BrS. The monoisotopic (exact) mass is 292 g/mol. The molecule has 2 aromatic rings. The SMILES string of the molecule is Brc1ccc(CSCc2ccccc2)cc1. The molecule has 16 heavy (non-hydrogen) atoms. The van der Waals surface area contributed by atoms with Gasteiger partial charge in [-0.1, -0.05) is 58.4 Å². The third-order valence-corrected chi connectivity index (χ3v) is 3.90. The summed E-state index contributed by atoms with van der Waals surface area (Å²) in [4.78, 5) is 0. The average molecular weight is 293 g/mol. The predicted molar refractivity (Wildman–Crippen MR) is 75.6 cm³/mol. The largest absolute Gasteiger partial charge is 0.152 e. The Labute approximate surface area is 109 Å². The van der Waals surface area contributed by atoms with Crippen LogP contribution in [0.2, 0.25) is 0 Å². The maximum absolute atomic E-state index is 3.44. The highest BCUT2D eigenvalue weighted by Crippen LogP contribution is 2.19. The van der Waals surface area contributed by atoms with E-state index in [-0.39, 0.29) is 0 Å². The highest BCUT2D eigenvalue weighted by atomic mass is 79.9. The number of hydrogen-bond donors (Lipinski definition) is 0. The van der Waals surface area contributed by atoms with Gasteiger partial charge in [-0.25, -0.2) is 0 Å². The second kappa shape index (κ2) is 6.12. The molecule has 0 saturated carbocycles. The van der Waals surface area contributed by atoms with Crippen molar-refractivity contribution in [3.63, 3.8) is 0 Å². The van der Waals surface area contributed by atoms with E-state index in [4.69, 9.17) is 0 Å². The van der Waals surface area contributed by atoms with Crippen molar-refractivity contribution in [3.05, 3.63) is 70.2 Å². The Morgan fingerprint density at radius 1 is 0.750 bits per heavy atom. The first-order valence-corrected chi connectivity index (χ1v) is 7.15. The standard InChI is InChI=1S/C14H13BrS/c15-14-8-6-13(7-9-14)11-16-10-12-4-2-1-3-5-12/h1-9H,10-11H2. The molecule has 0 unspecified atom stereocenters. The minimum Gasteiger partial charge on any atom is -0.152 e. The summed E-state index contributed by atoms with van der Waals surface area (Å²) >= 11 is 5.39. The molecule has 0 aromatic heterocycles. The van der Waals surface area contributed by atoms with Crippen LogP contribution in [0.25, 0.3) is 0 Å². The van der Waals surface area contributed by atoms with Crippen LogP contribution in [0.3, 0.4) is 0 Å². The highest BCUT2D eigenvalue weighted by molar-refractivity contribution is 9.10. The van der Waals surface area contributed by atoms with Crippen LogP contribution in [0.5, 0.6) is 0 Å². The van der Waals surface area contributed by atoms with E-state index in [1.165, 1.54) is 11.1 Å². The predicted octanol–water partition coefficient (Wildman–Crippen LogP) is 4.88. The fraction of sp³-hybridized carbons (Fsp3) is 0.143. The zero-order valence-electron chi connectivity index (χ0n) is 8.90. The van der Waals surface area contributed by atoms with Gasteiger partial charge in [-0.05, 0) is 23.3 Å². The van der Waals surface area contributed by atoms with Crippen molar-refractivity contribution in [1.29, 1.82) is 0 Å². The van der Waals surface area contributed by atoms with Crippen molar-refractivity contribution in [1.82, 2.24) is 0 Å². The fourth-order valence-corrected chi connectivity index (χ4v) is 2.66. The molecular weight excluding hydrogens is 280 g/mol. The van der Waals surface area contributed by atoms with Crippen LogP contribution in [0.1, 0.15) is 11.1 Å². The maximum atomic E-state index is 3.44. The minimum atomic E-state index is 1.07. The van der Waals surface area contributed by atoms with Crippen LogP contribution in [0.4, 0.5) is 0 Å². The van der Waals surface area contributed by atoms with Crippen LogP contribution in [0, 0.1) is 0 Å². The molecule has 0 heterocycles. The van der Waals surface area contributed by atoms with Crippen molar-refractivity contribution in [2.75, 3.05) is 0 Å². The molecule has 2 rings (SSSR count). The van der Waals surface area contributed by atoms with Crippen LogP contribution < -0.4 is 0 Å². The molecule has 0 radical (unpaired) electrons. The third kappa shape index (κ3) is 3.69. The molecule has 0 aliphatic heterocycles. The number of hydrogen-bond acceptors (Lipinski definition) is 1. The number of benzene rings is 2. The van der Waals surface area contributed by atoms with Gasteiger partial charge in [-0.3, -0.25) is 0 Å². The second-order valence-corrected chi connectivity index (χ2v) is 5.51. The van der Waals surface area contributed by atoms with Gasteiger partial charge in [0.1, 0.15) is 0 Å². The summed E-state index contributed by atoms with van der Waals surface area (Å²) in [5.74, 6) is 2.15. The topological polar surface area (TPSA) is 0 Å². The Morgan fingerprint density at radius 2 is 1.31 bits per heavy atom. The molecule has 0 bridgehead atoms. The van der Waals surface area contributed by atoms with Gasteiger partial charge in [0.25, 0.3) is 0 Å². The van der Waals surface area contributed by atoms with E-state index >= 15 is 0 Å². The number of halogens is 1. The van der Waals surface area contributed by atoms with Gasteiger partial charge in [0.15, 0.2) is 0 Å². The van der Waals surface area contributed by atoms with Crippen LogP contribution in [0.15, 0.2) is 59.1 Å². The van der Waals surface area contributed by atoms with E-state index in [1.807, 2.05) is 11.8 Å². The summed E-state index contributed by atoms with van der Waals surface area (Å²) in [5, 5.41) is 0. The Morgan fingerprint density at radius 3 is 1.94 bits per heavy atom. The zero-order valence-corrected chi connectivity index (χ0v) is 11.3. The van der Waals surface area contributed by atoms with Crippen LogP contribution in [-0.2, 0) is 11.5 Å². The van der Waals surface area contributed by atoms with Crippen molar-refractivity contribution < 1.29 is 0 Å². The van der Waals surface area contributed by atoms with Gasteiger partial charge >= 0.3 is 0 Å². The van der Waals surface area contributed by atoms with Gasteiger partial charge < -0.3 is 0 Å². The lowest BCUT2D eigenvalue weighted by molar-refractivity contribution is 1.36. The lowest BCUT2D eigenvalue weighted by Gasteiger charge is -2.02. The van der Waals surface area contributed by atoms with Crippen molar-refractivity contribution in [3.8, 4) is 0 Å². The molecule has 2 aromatic carbocycles. The molecule has 0 N–H and O–H groups in total. The Kier molecular flexibility index (Phi) is 4.49. The zero-order chi connectivity index (χ0) is 11.2. The smallest absolute Gasteiger partial charge is 0.0187 e. The van der Waals surface area contributed by atoms with Crippen molar-refractivity contribution in [2.24, 2.45) is 0 Å². The van der Waals surface area contributed by atoms with Crippen LogP contribution >= 0.6 is 27.7 Å². The van der Waals surface area contributed by atoms with Gasteiger partial charge in [0.05, 0.1) is 0 Å². The van der Waals surface area contributed by atoms with Gasteiger partial charge in [0, 0.05) is 16.0 Å². The summed E-state index contributed by atoms with van der Waals surface area (Å²) in [6.45, 7) is 0. The molecule has 0 aliphatic carbocycles. The molecule has 82 valence electrons. The summed E-state index contributed by atoms with van der Waals surface area (Å²) < 4.78 is 1.14. The second-order valence-electron chi connectivity index (χ2n) is 3.60. The molecule has 0 aliphatic rings. The average Bonchev–Trinajstić information content (AvgIpc) is 2.33. The van der Waals surface area contributed by atoms with E-state index in [0.29, 0.717) is 0 Å². The molecule has 0 saturated heterocycles. The minimum absolute atomic E-state index is 1.07. The van der Waals surface area contributed by atoms with E-state index in [0.717, 1.165) is 16.0 Å². The molecule has 0 fully saturated rings. The Hall–Kier alpha value is -0.730. The van der Waals surface area contributed by atoms with E-state index in [2.05, 4.69) is 70.5 Å². The first-order valence-electron chi connectivity index (χ1n) is 5.21. The van der Waals surface area contributed by atoms with Crippen molar-refractivity contribution >= 4 is 27.7 Å². The Bertz CT molecular complexity index is 422.